The van der Waals surface area contributed by atoms with Crippen LogP contribution in [-0.4, -0.2) is 60.1 Å². The number of carbonyl (C=O) groups excluding carboxylic acids is 2. The van der Waals surface area contributed by atoms with E-state index in [2.05, 4.69) is 0 Å². The second kappa shape index (κ2) is 11.6. The lowest BCUT2D eigenvalue weighted by molar-refractivity contribution is -0.262. The van der Waals surface area contributed by atoms with Crippen LogP contribution in [0.5, 0.6) is 0 Å². The number of hydrogen-bond acceptors (Lipinski definition) is 3. The first-order valence-electron chi connectivity index (χ1n) is 12.1. The second-order valence-corrected chi connectivity index (χ2v) is 9.98. The second-order valence-electron chi connectivity index (χ2n) is 9.57. The Morgan fingerprint density at radius 2 is 1.69 bits per heavy atom. The molecule has 1 aliphatic heterocycles. The maximum Gasteiger partial charge on any atom is 0.430 e. The van der Waals surface area contributed by atoms with E-state index in [1.165, 1.54) is 23.1 Å². The predicted molar refractivity (Wildman–Crippen MR) is 133 cm³/mol. The molecule has 196 valence electrons. The van der Waals surface area contributed by atoms with Crippen LogP contribution in [0.15, 0.2) is 48.5 Å². The van der Waals surface area contributed by atoms with Crippen molar-refractivity contribution in [1.29, 1.82) is 0 Å². The molecule has 1 aliphatic rings. The predicted octanol–water partition coefficient (Wildman–Crippen LogP) is 5.44. The Balaban J connectivity index is 1.49. The fourth-order valence-corrected chi connectivity index (χ4v) is 4.92. The molecule has 3 rings (SSSR count). The first kappa shape index (κ1) is 28.0. The zero-order chi connectivity index (χ0) is 26.5. The minimum atomic E-state index is -5.12. The molecule has 2 aromatic rings. The van der Waals surface area contributed by atoms with Crippen molar-refractivity contribution in [3.8, 4) is 0 Å². The van der Waals surface area contributed by atoms with Crippen LogP contribution in [0.3, 0.4) is 0 Å². The molecular weight excluding hydrogens is 493 g/mol. The molecular formula is C27H32ClF3N2O3. The smallest absolute Gasteiger partial charge is 0.369 e. The number of hydrogen-bond donors (Lipinski definition) is 1. The molecule has 9 heteroatoms. The molecule has 0 saturated carbocycles. The summed E-state index contributed by atoms with van der Waals surface area (Å²) in [5.41, 5.74) is -2.50. The van der Waals surface area contributed by atoms with E-state index in [1.807, 2.05) is 12.1 Å². The van der Waals surface area contributed by atoms with E-state index < -0.39 is 23.2 Å². The molecule has 0 unspecified atom stereocenters. The highest BCUT2D eigenvalue weighted by Crippen LogP contribution is 2.41. The van der Waals surface area contributed by atoms with Gasteiger partial charge in [0.2, 0.25) is 0 Å². The van der Waals surface area contributed by atoms with E-state index in [0.29, 0.717) is 29.3 Å². The largest absolute Gasteiger partial charge is 0.430 e. The molecule has 5 nitrogen and oxygen atoms in total. The van der Waals surface area contributed by atoms with Crippen LogP contribution in [0.2, 0.25) is 5.02 Å². The normalized spacial score (nSPS) is 16.5. The third-order valence-corrected chi connectivity index (χ3v) is 7.12. The molecule has 1 N–H and O–H groups in total. The summed E-state index contributed by atoms with van der Waals surface area (Å²) in [6.07, 6.45) is -0.353. The number of nitrogens with zero attached hydrogens (tertiary/aromatic N) is 2. The Morgan fingerprint density at radius 1 is 1.06 bits per heavy atom. The molecule has 0 aliphatic carbocycles. The zero-order valence-corrected chi connectivity index (χ0v) is 21.3. The molecule has 2 aromatic carbocycles. The fourth-order valence-electron chi connectivity index (χ4n) is 4.63. The summed E-state index contributed by atoms with van der Waals surface area (Å²) in [5.74, 6) is -1.14. The van der Waals surface area contributed by atoms with E-state index in [4.69, 9.17) is 11.6 Å². The number of unbranched alkanes of at least 4 members (excludes halogenated alkanes) is 1. The Morgan fingerprint density at radius 3 is 2.25 bits per heavy atom. The monoisotopic (exact) mass is 524 g/mol. The number of rotatable bonds is 8. The first-order valence-corrected chi connectivity index (χ1v) is 12.5. The van der Waals surface area contributed by atoms with Crippen molar-refractivity contribution in [2.75, 3.05) is 27.2 Å². The molecule has 1 atom stereocenters. The molecule has 2 amide bonds. The Hall–Kier alpha value is -2.58. The van der Waals surface area contributed by atoms with Gasteiger partial charge in [-0.2, -0.15) is 13.2 Å². The van der Waals surface area contributed by atoms with Crippen LogP contribution in [0.1, 0.15) is 53.6 Å². The van der Waals surface area contributed by atoms with Gasteiger partial charge < -0.3 is 14.9 Å². The van der Waals surface area contributed by atoms with Crippen molar-refractivity contribution in [2.45, 2.75) is 50.3 Å². The molecule has 1 fully saturated rings. The maximum absolute atomic E-state index is 13.8. The van der Waals surface area contributed by atoms with Gasteiger partial charge in [0.05, 0.1) is 10.6 Å². The van der Waals surface area contributed by atoms with Gasteiger partial charge >= 0.3 is 6.18 Å². The summed E-state index contributed by atoms with van der Waals surface area (Å²) >= 11 is 6.27. The van der Waals surface area contributed by atoms with Crippen LogP contribution in [0.4, 0.5) is 13.2 Å². The SMILES string of the molecule is CN(C)C(=O)c1ccc(CCCCC2CCN(C(=O)[C@](O)(c3ccccc3)C(F)(F)F)CC2)cc1Cl. The van der Waals surface area contributed by atoms with Crippen LogP contribution < -0.4 is 0 Å². The van der Waals surface area contributed by atoms with Gasteiger partial charge in [-0.05, 0) is 49.3 Å². The van der Waals surface area contributed by atoms with Crippen molar-refractivity contribution in [3.63, 3.8) is 0 Å². The quantitative estimate of drug-likeness (QED) is 0.468. The number of amides is 2. The number of aliphatic hydroxyl groups is 1. The Kier molecular flexibility index (Phi) is 9.06. The Bertz CT molecular complexity index is 1050. The molecule has 1 heterocycles. The molecule has 36 heavy (non-hydrogen) atoms. The molecule has 0 bridgehead atoms. The van der Waals surface area contributed by atoms with Crippen LogP contribution in [0, 0.1) is 5.92 Å². The van der Waals surface area contributed by atoms with Gasteiger partial charge in [-0.3, -0.25) is 9.59 Å². The van der Waals surface area contributed by atoms with Gasteiger partial charge in [0.15, 0.2) is 0 Å². The van der Waals surface area contributed by atoms with Crippen LogP contribution >= 0.6 is 11.6 Å². The van der Waals surface area contributed by atoms with E-state index in [1.54, 1.807) is 20.2 Å². The molecule has 1 saturated heterocycles. The van der Waals surface area contributed by atoms with Crippen molar-refractivity contribution in [3.05, 3.63) is 70.2 Å². The van der Waals surface area contributed by atoms with E-state index in [-0.39, 0.29) is 19.0 Å². The highest BCUT2D eigenvalue weighted by molar-refractivity contribution is 6.33. The first-order chi connectivity index (χ1) is 16.9. The van der Waals surface area contributed by atoms with Crippen molar-refractivity contribution < 1.29 is 27.9 Å². The number of halogens is 4. The van der Waals surface area contributed by atoms with E-state index in [9.17, 15) is 27.9 Å². The topological polar surface area (TPSA) is 60.9 Å². The van der Waals surface area contributed by atoms with Crippen molar-refractivity contribution in [2.24, 2.45) is 5.92 Å². The lowest BCUT2D eigenvalue weighted by atomic mass is 9.87. The van der Waals surface area contributed by atoms with Gasteiger partial charge in [0, 0.05) is 32.7 Å². The number of aryl methyl sites for hydroxylation is 1. The number of likely N-dealkylation sites (tertiary alicyclic amines) is 1. The molecule has 0 radical (unpaired) electrons. The highest BCUT2D eigenvalue weighted by atomic mass is 35.5. The van der Waals surface area contributed by atoms with Crippen molar-refractivity contribution >= 4 is 23.4 Å². The minimum Gasteiger partial charge on any atom is -0.369 e. The average molecular weight is 525 g/mol. The number of alkyl halides is 3. The standard InChI is InChI=1S/C27H32ClF3N2O3/c1-32(2)24(34)22-13-12-20(18-23(22)28)9-7-6-8-19-14-16-33(17-15-19)25(35)26(36,27(29,30)31)21-10-4-3-5-11-21/h3-5,10-13,18-19,36H,6-9,14-17H2,1-2H3/t26-/m1/s1. The maximum atomic E-state index is 13.8. The lowest BCUT2D eigenvalue weighted by Gasteiger charge is -2.38. The van der Waals surface area contributed by atoms with Gasteiger partial charge in [-0.25, -0.2) is 0 Å². The van der Waals surface area contributed by atoms with E-state index >= 15 is 0 Å². The van der Waals surface area contributed by atoms with E-state index in [0.717, 1.165) is 48.3 Å². The Labute approximate surface area is 214 Å². The summed E-state index contributed by atoms with van der Waals surface area (Å²) < 4.78 is 41.4. The average Bonchev–Trinajstić information content (AvgIpc) is 2.85. The van der Waals surface area contributed by atoms with Gasteiger partial charge in [0.1, 0.15) is 0 Å². The van der Waals surface area contributed by atoms with Crippen LogP contribution in [0.25, 0.3) is 0 Å². The number of benzene rings is 2. The van der Waals surface area contributed by atoms with Gasteiger partial charge in [0.25, 0.3) is 17.4 Å². The summed E-state index contributed by atoms with van der Waals surface area (Å²) in [6, 6.07) is 12.0. The summed E-state index contributed by atoms with van der Waals surface area (Å²) in [5, 5.41) is 11.0. The summed E-state index contributed by atoms with van der Waals surface area (Å²) in [7, 11) is 3.35. The van der Waals surface area contributed by atoms with Crippen molar-refractivity contribution in [1.82, 2.24) is 9.80 Å². The third kappa shape index (κ3) is 6.21. The number of piperidine rings is 1. The zero-order valence-electron chi connectivity index (χ0n) is 20.5. The molecule has 0 aromatic heterocycles. The van der Waals surface area contributed by atoms with Crippen LogP contribution in [-0.2, 0) is 16.8 Å². The summed E-state index contributed by atoms with van der Waals surface area (Å²) in [6.45, 7) is 0.372. The minimum absolute atomic E-state index is 0.145. The lowest BCUT2D eigenvalue weighted by Crippen LogP contribution is -2.57. The van der Waals surface area contributed by atoms with Gasteiger partial charge in [-0.15, -0.1) is 0 Å². The molecule has 0 spiro atoms. The third-order valence-electron chi connectivity index (χ3n) is 6.81. The highest BCUT2D eigenvalue weighted by Gasteiger charge is 2.62. The number of carbonyl (C=O) groups is 2. The fraction of sp³-hybridized carbons (Fsp3) is 0.481. The summed E-state index contributed by atoms with van der Waals surface area (Å²) in [4.78, 5) is 27.6. The van der Waals surface area contributed by atoms with Gasteiger partial charge in [-0.1, -0.05) is 60.8 Å².